The summed E-state index contributed by atoms with van der Waals surface area (Å²) in [5, 5.41) is 6.52. The molecule has 0 saturated heterocycles. The van der Waals surface area contributed by atoms with E-state index < -0.39 is 0 Å². The van der Waals surface area contributed by atoms with Crippen molar-refractivity contribution in [3.05, 3.63) is 42.5 Å². The highest BCUT2D eigenvalue weighted by atomic mass is 127. The topological polar surface area (TPSA) is 73.3 Å². The maximum atomic E-state index is 5.74. The van der Waals surface area contributed by atoms with Crippen molar-refractivity contribution >= 4 is 35.6 Å². The minimum atomic E-state index is 0. The first-order valence-corrected chi connectivity index (χ1v) is 9.25. The van der Waals surface area contributed by atoms with Gasteiger partial charge in [-0.15, -0.1) is 24.0 Å². The van der Waals surface area contributed by atoms with Gasteiger partial charge in [-0.2, -0.15) is 0 Å². The summed E-state index contributed by atoms with van der Waals surface area (Å²) in [7, 11) is 5.00. The normalized spacial score (nSPS) is 10.6. The number of nitrogens with one attached hydrogen (secondary N) is 2. The number of benzene rings is 2. The Labute approximate surface area is 189 Å². The number of rotatable bonds is 10. The Morgan fingerprint density at radius 3 is 2.45 bits per heavy atom. The number of ether oxygens (including phenoxy) is 4. The molecule has 0 amide bonds. The van der Waals surface area contributed by atoms with Crippen LogP contribution in [0, 0.1) is 0 Å². The predicted molar refractivity (Wildman–Crippen MR) is 128 cm³/mol. The monoisotopic (exact) mass is 515 g/mol. The van der Waals surface area contributed by atoms with E-state index in [1.165, 1.54) is 0 Å². The number of halogens is 1. The fourth-order valence-corrected chi connectivity index (χ4v) is 2.50. The molecule has 0 saturated carbocycles. The molecule has 0 unspecified atom stereocenters. The van der Waals surface area contributed by atoms with Gasteiger partial charge >= 0.3 is 0 Å². The molecular weight excluding hydrogens is 485 g/mol. The molecule has 0 radical (unpaired) electrons. The summed E-state index contributed by atoms with van der Waals surface area (Å²) < 4.78 is 21.8. The van der Waals surface area contributed by atoms with Crippen molar-refractivity contribution in [2.24, 2.45) is 4.99 Å². The Balaban J connectivity index is 0.00000420. The van der Waals surface area contributed by atoms with Gasteiger partial charge < -0.3 is 29.6 Å². The smallest absolute Gasteiger partial charge is 0.195 e. The average molecular weight is 515 g/mol. The van der Waals surface area contributed by atoms with E-state index in [-0.39, 0.29) is 24.0 Å². The van der Waals surface area contributed by atoms with Crippen molar-refractivity contribution in [2.75, 3.05) is 46.3 Å². The lowest BCUT2D eigenvalue weighted by Crippen LogP contribution is -2.32. The zero-order chi connectivity index (χ0) is 20.2. The fourth-order valence-electron chi connectivity index (χ4n) is 2.50. The van der Waals surface area contributed by atoms with Gasteiger partial charge in [0.25, 0.3) is 0 Å². The summed E-state index contributed by atoms with van der Waals surface area (Å²) >= 11 is 0. The van der Waals surface area contributed by atoms with Crippen LogP contribution in [-0.2, 0) is 0 Å². The van der Waals surface area contributed by atoms with Gasteiger partial charge in [-0.1, -0.05) is 6.07 Å². The Kier molecular flexibility index (Phi) is 11.7. The molecule has 0 aliphatic rings. The molecule has 0 atom stereocenters. The average Bonchev–Trinajstić information content (AvgIpc) is 2.73. The van der Waals surface area contributed by atoms with Gasteiger partial charge in [0, 0.05) is 31.4 Å². The Hall–Kier alpha value is -2.36. The van der Waals surface area contributed by atoms with Crippen LogP contribution in [0.4, 0.5) is 5.69 Å². The predicted octanol–water partition coefficient (Wildman–Crippen LogP) is 4.18. The van der Waals surface area contributed by atoms with E-state index in [1.54, 1.807) is 21.3 Å². The van der Waals surface area contributed by atoms with E-state index in [0.29, 0.717) is 30.7 Å². The maximum Gasteiger partial charge on any atom is 0.195 e. The summed E-state index contributed by atoms with van der Waals surface area (Å²) in [6.07, 6.45) is 0.824. The van der Waals surface area contributed by atoms with Crippen LogP contribution in [0.1, 0.15) is 13.3 Å². The first-order valence-electron chi connectivity index (χ1n) is 9.25. The molecule has 160 valence electrons. The molecule has 0 aliphatic carbocycles. The molecule has 29 heavy (non-hydrogen) atoms. The van der Waals surface area contributed by atoms with Crippen LogP contribution in [0.3, 0.4) is 0 Å². The van der Waals surface area contributed by atoms with Crippen LogP contribution in [-0.4, -0.2) is 47.0 Å². The van der Waals surface area contributed by atoms with E-state index in [2.05, 4.69) is 15.6 Å². The molecule has 0 spiro atoms. The number of methoxy groups -OCH3 is 2. The zero-order valence-electron chi connectivity index (χ0n) is 17.4. The van der Waals surface area contributed by atoms with Gasteiger partial charge in [0.1, 0.15) is 11.5 Å². The van der Waals surface area contributed by atoms with Gasteiger partial charge in [-0.05, 0) is 37.6 Å². The van der Waals surface area contributed by atoms with Crippen LogP contribution >= 0.6 is 24.0 Å². The van der Waals surface area contributed by atoms with Crippen LogP contribution in [0.5, 0.6) is 23.0 Å². The third-order valence-electron chi connectivity index (χ3n) is 3.87. The minimum Gasteiger partial charge on any atom is -0.497 e. The SMILES string of the molecule is CCOc1cc(NC(=NC)NCCCOc2cccc(OC)c2)ccc1OC.I. The summed E-state index contributed by atoms with van der Waals surface area (Å²) in [6.45, 7) is 3.82. The lowest BCUT2D eigenvalue weighted by atomic mass is 10.2. The molecule has 2 aromatic carbocycles. The van der Waals surface area contributed by atoms with Crippen molar-refractivity contribution in [1.82, 2.24) is 5.32 Å². The molecule has 0 heterocycles. The van der Waals surface area contributed by atoms with Crippen molar-refractivity contribution in [2.45, 2.75) is 13.3 Å². The quantitative estimate of drug-likeness (QED) is 0.214. The van der Waals surface area contributed by atoms with Gasteiger partial charge in [0.2, 0.25) is 0 Å². The Bertz CT molecular complexity index is 771. The molecule has 7 nitrogen and oxygen atoms in total. The molecule has 0 bridgehead atoms. The highest BCUT2D eigenvalue weighted by molar-refractivity contribution is 14.0. The van der Waals surface area contributed by atoms with Gasteiger partial charge in [-0.3, -0.25) is 4.99 Å². The number of hydrogen-bond acceptors (Lipinski definition) is 5. The largest absolute Gasteiger partial charge is 0.497 e. The number of nitrogens with zero attached hydrogens (tertiary/aromatic N) is 1. The molecule has 0 aliphatic heterocycles. The van der Waals surface area contributed by atoms with Crippen molar-refractivity contribution < 1.29 is 18.9 Å². The second-order valence-electron chi connectivity index (χ2n) is 5.80. The number of guanidine groups is 1. The maximum absolute atomic E-state index is 5.74. The van der Waals surface area contributed by atoms with E-state index in [9.17, 15) is 0 Å². The second kappa shape index (κ2) is 13.8. The van der Waals surface area contributed by atoms with Crippen LogP contribution in [0.15, 0.2) is 47.5 Å². The first-order chi connectivity index (χ1) is 13.7. The number of hydrogen-bond donors (Lipinski definition) is 2. The minimum absolute atomic E-state index is 0. The molecule has 2 rings (SSSR count). The molecule has 2 aromatic rings. The third-order valence-corrected chi connectivity index (χ3v) is 3.87. The lowest BCUT2D eigenvalue weighted by molar-refractivity contribution is 0.309. The highest BCUT2D eigenvalue weighted by Gasteiger charge is 2.07. The Morgan fingerprint density at radius 1 is 0.966 bits per heavy atom. The van der Waals surface area contributed by atoms with Crippen LogP contribution in [0.2, 0.25) is 0 Å². The second-order valence-corrected chi connectivity index (χ2v) is 5.80. The highest BCUT2D eigenvalue weighted by Crippen LogP contribution is 2.30. The van der Waals surface area contributed by atoms with Crippen molar-refractivity contribution in [3.63, 3.8) is 0 Å². The summed E-state index contributed by atoms with van der Waals surface area (Å²) in [6, 6.07) is 13.2. The van der Waals surface area contributed by atoms with Gasteiger partial charge in [0.15, 0.2) is 17.5 Å². The summed E-state index contributed by atoms with van der Waals surface area (Å²) in [4.78, 5) is 4.25. The van der Waals surface area contributed by atoms with Crippen molar-refractivity contribution in [3.8, 4) is 23.0 Å². The lowest BCUT2D eigenvalue weighted by Gasteiger charge is -2.15. The van der Waals surface area contributed by atoms with E-state index in [1.807, 2.05) is 49.4 Å². The first kappa shape index (κ1) is 24.7. The van der Waals surface area contributed by atoms with Gasteiger partial charge in [-0.25, -0.2) is 0 Å². The van der Waals surface area contributed by atoms with E-state index in [4.69, 9.17) is 18.9 Å². The van der Waals surface area contributed by atoms with E-state index >= 15 is 0 Å². The molecule has 0 aromatic heterocycles. The summed E-state index contributed by atoms with van der Waals surface area (Å²) in [5.74, 6) is 3.64. The van der Waals surface area contributed by atoms with Crippen molar-refractivity contribution in [1.29, 1.82) is 0 Å². The number of anilines is 1. The Morgan fingerprint density at radius 2 is 1.76 bits per heavy atom. The number of aliphatic imine (C=N–C) groups is 1. The summed E-state index contributed by atoms with van der Waals surface area (Å²) in [5.41, 5.74) is 0.866. The standard InChI is InChI=1S/C21H29N3O4.HI/c1-5-27-20-14-16(10-11-19(20)26-4)24-21(22-2)23-12-7-13-28-18-9-6-8-17(15-18)25-3;/h6,8-11,14-15H,5,7,12-13H2,1-4H3,(H2,22,23,24);1H. The molecule has 0 fully saturated rings. The van der Waals surface area contributed by atoms with Crippen LogP contribution in [0.25, 0.3) is 0 Å². The molecule has 8 heteroatoms. The molecular formula is C21H30IN3O4. The van der Waals surface area contributed by atoms with E-state index in [0.717, 1.165) is 30.2 Å². The molecule has 2 N–H and O–H groups in total. The fraction of sp³-hybridized carbons (Fsp3) is 0.381. The zero-order valence-corrected chi connectivity index (χ0v) is 19.7. The van der Waals surface area contributed by atoms with Gasteiger partial charge in [0.05, 0.1) is 27.4 Å². The third kappa shape index (κ3) is 8.26. The van der Waals surface area contributed by atoms with Crippen LogP contribution < -0.4 is 29.6 Å².